The molecule has 4 aromatic rings. The minimum Gasteiger partial charge on any atom is -0.422 e. The zero-order chi connectivity index (χ0) is 18.8. The van der Waals surface area contributed by atoms with Gasteiger partial charge in [0.2, 0.25) is 0 Å². The largest absolute Gasteiger partial charge is 0.422 e. The number of halogens is 1. The van der Waals surface area contributed by atoms with Gasteiger partial charge in [0.1, 0.15) is 10.6 Å². The predicted molar refractivity (Wildman–Crippen MR) is 120 cm³/mol. The molecular weight excluding hydrogens is 392 g/mol. The number of anilines is 1. The fourth-order valence-electron chi connectivity index (χ4n) is 3.17. The summed E-state index contributed by atoms with van der Waals surface area (Å²) in [5, 5.41) is 3.70. The molecule has 0 spiro atoms. The highest BCUT2D eigenvalue weighted by Gasteiger charge is 2.13. The number of benzene rings is 2. The monoisotopic (exact) mass is 412 g/mol. The van der Waals surface area contributed by atoms with E-state index in [1.165, 1.54) is 11.3 Å². The Balaban J connectivity index is 0.00000225. The zero-order valence-electron chi connectivity index (χ0n) is 15.7. The van der Waals surface area contributed by atoms with Crippen molar-refractivity contribution in [1.29, 1.82) is 0 Å². The average molecular weight is 413 g/mol. The van der Waals surface area contributed by atoms with Crippen LogP contribution in [-0.2, 0) is 0 Å². The summed E-state index contributed by atoms with van der Waals surface area (Å²) in [7, 11) is 0. The maximum absolute atomic E-state index is 12.6. The van der Waals surface area contributed by atoms with Crippen LogP contribution in [0.2, 0.25) is 0 Å². The third-order valence-electron chi connectivity index (χ3n) is 4.65. The van der Waals surface area contributed by atoms with Crippen LogP contribution in [0.3, 0.4) is 0 Å². The second kappa shape index (κ2) is 8.59. The quantitative estimate of drug-likeness (QED) is 0.385. The lowest BCUT2D eigenvalue weighted by atomic mass is 10.1. The molecule has 2 heterocycles. The molecule has 2 aromatic heterocycles. The normalized spacial score (nSPS) is 10.6. The molecule has 0 atom stereocenters. The highest BCUT2D eigenvalue weighted by atomic mass is 35.5. The van der Waals surface area contributed by atoms with Gasteiger partial charge < -0.3 is 9.32 Å². The van der Waals surface area contributed by atoms with Crippen molar-refractivity contribution in [2.75, 3.05) is 18.0 Å². The van der Waals surface area contributed by atoms with Crippen LogP contribution in [0.4, 0.5) is 5.69 Å². The summed E-state index contributed by atoms with van der Waals surface area (Å²) in [5.41, 5.74) is 3.50. The first kappa shape index (κ1) is 20.1. The molecule has 0 saturated carbocycles. The molecule has 2 aromatic carbocycles. The SMILES string of the molecule is CCN(CC)c1ccc2cc(-c3csc(-c4ccccc4)n3)c(=O)oc2c1.Cl. The second-order valence-electron chi connectivity index (χ2n) is 6.25. The lowest BCUT2D eigenvalue weighted by molar-refractivity contribution is 0.563. The Labute approximate surface area is 173 Å². The van der Waals surface area contributed by atoms with Gasteiger partial charge in [0.15, 0.2) is 0 Å². The van der Waals surface area contributed by atoms with Gasteiger partial charge in [0.05, 0.1) is 11.3 Å². The average Bonchev–Trinajstić information content (AvgIpc) is 3.19. The molecule has 0 bridgehead atoms. The van der Waals surface area contributed by atoms with E-state index >= 15 is 0 Å². The van der Waals surface area contributed by atoms with Crippen molar-refractivity contribution in [3.8, 4) is 21.8 Å². The topological polar surface area (TPSA) is 46.3 Å². The van der Waals surface area contributed by atoms with E-state index in [1.807, 2.05) is 53.9 Å². The van der Waals surface area contributed by atoms with Crippen LogP contribution in [0.5, 0.6) is 0 Å². The molecule has 0 amide bonds. The zero-order valence-corrected chi connectivity index (χ0v) is 17.3. The second-order valence-corrected chi connectivity index (χ2v) is 7.10. The van der Waals surface area contributed by atoms with E-state index in [9.17, 15) is 4.79 Å². The van der Waals surface area contributed by atoms with Gasteiger partial charge >= 0.3 is 5.63 Å². The third-order valence-corrected chi connectivity index (χ3v) is 5.54. The van der Waals surface area contributed by atoms with Gasteiger partial charge in [-0.15, -0.1) is 23.7 Å². The van der Waals surface area contributed by atoms with Gasteiger partial charge in [-0.1, -0.05) is 30.3 Å². The van der Waals surface area contributed by atoms with Crippen LogP contribution in [0, 0.1) is 0 Å². The van der Waals surface area contributed by atoms with Crippen LogP contribution in [0.15, 0.2) is 69.2 Å². The van der Waals surface area contributed by atoms with Gasteiger partial charge in [-0.05, 0) is 32.0 Å². The summed E-state index contributed by atoms with van der Waals surface area (Å²) in [6.45, 7) is 6.04. The summed E-state index contributed by atoms with van der Waals surface area (Å²) in [5.74, 6) is 0. The Morgan fingerprint density at radius 2 is 1.79 bits per heavy atom. The Kier molecular flexibility index (Phi) is 6.17. The molecule has 0 saturated heterocycles. The van der Waals surface area contributed by atoms with Gasteiger partial charge in [-0.2, -0.15) is 0 Å². The number of thiazole rings is 1. The standard InChI is InChI=1S/C22H20N2O2S.ClH/c1-3-24(4-2)17-11-10-16-12-18(22(25)26-20(16)13-17)19-14-27-21(23-19)15-8-6-5-7-9-15;/h5-14H,3-4H2,1-2H3;1H. The van der Waals surface area contributed by atoms with Gasteiger partial charge in [-0.25, -0.2) is 9.78 Å². The Hall–Kier alpha value is -2.63. The fourth-order valence-corrected chi connectivity index (χ4v) is 4.00. The number of hydrogen-bond donors (Lipinski definition) is 0. The van der Waals surface area contributed by atoms with E-state index in [0.29, 0.717) is 16.8 Å². The van der Waals surface area contributed by atoms with E-state index in [4.69, 9.17) is 4.42 Å². The molecular formula is C22H21ClN2O2S. The molecule has 0 aliphatic carbocycles. The lowest BCUT2D eigenvalue weighted by Crippen LogP contribution is -2.21. The lowest BCUT2D eigenvalue weighted by Gasteiger charge is -2.20. The number of aromatic nitrogens is 1. The van der Waals surface area contributed by atoms with Crippen molar-refractivity contribution in [1.82, 2.24) is 4.98 Å². The maximum atomic E-state index is 12.6. The van der Waals surface area contributed by atoms with Crippen molar-refractivity contribution in [2.24, 2.45) is 0 Å². The van der Waals surface area contributed by atoms with E-state index < -0.39 is 0 Å². The predicted octanol–water partition coefficient (Wildman–Crippen LogP) is 5.85. The van der Waals surface area contributed by atoms with Crippen molar-refractivity contribution in [3.63, 3.8) is 0 Å². The summed E-state index contributed by atoms with van der Waals surface area (Å²) in [6, 6.07) is 17.8. The first-order chi connectivity index (χ1) is 13.2. The number of nitrogens with zero attached hydrogens (tertiary/aromatic N) is 2. The molecule has 4 nitrogen and oxygen atoms in total. The van der Waals surface area contributed by atoms with E-state index in [1.54, 1.807) is 0 Å². The van der Waals surface area contributed by atoms with Crippen molar-refractivity contribution in [3.05, 3.63) is 70.4 Å². The Morgan fingerprint density at radius 3 is 2.50 bits per heavy atom. The number of fused-ring (bicyclic) bond motifs is 1. The molecule has 0 N–H and O–H groups in total. The van der Waals surface area contributed by atoms with Crippen LogP contribution in [0.1, 0.15) is 13.8 Å². The Bertz CT molecular complexity index is 1130. The number of hydrogen-bond acceptors (Lipinski definition) is 5. The van der Waals surface area contributed by atoms with Gasteiger partial charge in [-0.3, -0.25) is 0 Å². The first-order valence-corrected chi connectivity index (χ1v) is 9.91. The Morgan fingerprint density at radius 1 is 1.04 bits per heavy atom. The minimum atomic E-state index is -0.357. The third kappa shape index (κ3) is 3.81. The van der Waals surface area contributed by atoms with Crippen LogP contribution in [0.25, 0.3) is 32.8 Å². The summed E-state index contributed by atoms with van der Waals surface area (Å²) in [4.78, 5) is 19.4. The maximum Gasteiger partial charge on any atom is 0.345 e. The van der Waals surface area contributed by atoms with Crippen molar-refractivity contribution in [2.45, 2.75) is 13.8 Å². The molecule has 4 rings (SSSR count). The van der Waals surface area contributed by atoms with Crippen LogP contribution < -0.4 is 10.5 Å². The van der Waals surface area contributed by atoms with Gasteiger partial charge in [0, 0.05) is 41.2 Å². The van der Waals surface area contributed by atoms with Crippen molar-refractivity contribution < 1.29 is 4.42 Å². The highest BCUT2D eigenvalue weighted by molar-refractivity contribution is 7.13. The minimum absolute atomic E-state index is 0. The van der Waals surface area contributed by atoms with E-state index in [2.05, 4.69) is 29.8 Å². The molecule has 0 fully saturated rings. The highest BCUT2D eigenvalue weighted by Crippen LogP contribution is 2.29. The molecule has 144 valence electrons. The van der Waals surface area contributed by atoms with Crippen LogP contribution in [-0.4, -0.2) is 18.1 Å². The first-order valence-electron chi connectivity index (χ1n) is 9.03. The molecule has 6 heteroatoms. The van der Waals surface area contributed by atoms with Gasteiger partial charge in [0.25, 0.3) is 0 Å². The number of rotatable bonds is 5. The fraction of sp³-hybridized carbons (Fsp3) is 0.182. The van der Waals surface area contributed by atoms with E-state index in [-0.39, 0.29) is 18.0 Å². The molecule has 0 aliphatic rings. The van der Waals surface area contributed by atoms with Crippen molar-refractivity contribution >= 4 is 40.4 Å². The molecule has 0 radical (unpaired) electrons. The smallest absolute Gasteiger partial charge is 0.345 e. The molecule has 28 heavy (non-hydrogen) atoms. The summed E-state index contributed by atoms with van der Waals surface area (Å²) in [6.07, 6.45) is 0. The van der Waals surface area contributed by atoms with Crippen LogP contribution >= 0.6 is 23.7 Å². The van der Waals surface area contributed by atoms with E-state index in [0.717, 1.165) is 34.7 Å². The summed E-state index contributed by atoms with van der Waals surface area (Å²) >= 11 is 1.53. The molecule has 0 aliphatic heterocycles. The molecule has 0 unspecified atom stereocenters. The summed E-state index contributed by atoms with van der Waals surface area (Å²) < 4.78 is 5.62.